The largest absolute Gasteiger partial charge is 0.481 e. The van der Waals surface area contributed by atoms with Crippen LogP contribution in [0.5, 0.6) is 0 Å². The zero-order valence-electron chi connectivity index (χ0n) is 16.6. The molecule has 3 unspecified atom stereocenters. The number of amides is 3. The monoisotopic (exact) mass is 454 g/mol. The zero-order chi connectivity index (χ0) is 23.4. The Labute approximate surface area is 184 Å². The van der Waals surface area contributed by atoms with Crippen LogP contribution in [-0.2, 0) is 30.4 Å². The Morgan fingerprint density at radius 3 is 2.16 bits per heavy atom. The van der Waals surface area contributed by atoms with E-state index in [4.69, 9.17) is 15.9 Å². The first kappa shape index (κ1) is 25.9. The van der Waals surface area contributed by atoms with E-state index in [-0.39, 0.29) is 25.0 Å². The first-order valence-electron chi connectivity index (χ1n) is 9.36. The molecule has 0 saturated heterocycles. The number of hydrogen-bond donors (Lipinski definition) is 7. The van der Waals surface area contributed by atoms with Crippen LogP contribution in [0.4, 0.5) is 0 Å². The van der Waals surface area contributed by atoms with Crippen molar-refractivity contribution in [3.8, 4) is 0 Å². The van der Waals surface area contributed by atoms with E-state index in [9.17, 15) is 24.0 Å². The van der Waals surface area contributed by atoms with Gasteiger partial charge in [0, 0.05) is 18.6 Å². The lowest BCUT2D eigenvalue weighted by atomic mass is 10.0. The predicted octanol–water partition coefficient (Wildman–Crippen LogP) is -1.48. The molecular weight excluding hydrogens is 428 g/mol. The van der Waals surface area contributed by atoms with Gasteiger partial charge in [0.2, 0.25) is 17.7 Å². The zero-order valence-corrected chi connectivity index (χ0v) is 17.5. The lowest BCUT2D eigenvalue weighted by Gasteiger charge is -2.21. The Morgan fingerprint density at radius 1 is 0.968 bits per heavy atom. The van der Waals surface area contributed by atoms with E-state index >= 15 is 0 Å². The average Bonchev–Trinajstić information content (AvgIpc) is 2.73. The van der Waals surface area contributed by atoms with Gasteiger partial charge in [0.25, 0.3) is 0 Å². The molecule has 0 aliphatic carbocycles. The number of aliphatic carboxylic acids is 2. The number of benzene rings is 1. The molecule has 0 saturated carbocycles. The molecule has 1 aromatic carbocycles. The summed E-state index contributed by atoms with van der Waals surface area (Å²) in [6.07, 6.45) is -0.316. The molecule has 11 nitrogen and oxygen atoms in total. The number of nitrogens with two attached hydrogens (primary N) is 1. The van der Waals surface area contributed by atoms with E-state index in [1.165, 1.54) is 0 Å². The predicted molar refractivity (Wildman–Crippen MR) is 113 cm³/mol. The minimum atomic E-state index is -1.26. The molecule has 0 bridgehead atoms. The van der Waals surface area contributed by atoms with E-state index in [0.717, 1.165) is 5.56 Å². The normalized spacial score (nSPS) is 13.4. The third-order valence-electron chi connectivity index (χ3n) is 4.16. The summed E-state index contributed by atoms with van der Waals surface area (Å²) in [6.45, 7) is -0.511. The van der Waals surface area contributed by atoms with Crippen molar-refractivity contribution in [2.45, 2.75) is 37.4 Å². The van der Waals surface area contributed by atoms with Crippen LogP contribution in [0.2, 0.25) is 0 Å². The molecule has 31 heavy (non-hydrogen) atoms. The van der Waals surface area contributed by atoms with Crippen molar-refractivity contribution < 1.29 is 34.2 Å². The molecule has 0 fully saturated rings. The second-order valence-electron chi connectivity index (χ2n) is 6.65. The van der Waals surface area contributed by atoms with Crippen LogP contribution in [-0.4, -0.2) is 70.3 Å². The number of rotatable bonds is 13. The molecule has 3 atom stereocenters. The Balaban J connectivity index is 2.77. The second-order valence-corrected chi connectivity index (χ2v) is 7.01. The molecule has 170 valence electrons. The lowest BCUT2D eigenvalue weighted by molar-refractivity contribution is -0.141. The second kappa shape index (κ2) is 13.2. The minimum Gasteiger partial charge on any atom is -0.481 e. The SMILES string of the molecule is NC(CCC(=O)O)C(=O)NC(Cc1ccccc1)C(=O)NCC(=O)NC(CS)C(=O)O. The quantitative estimate of drug-likeness (QED) is 0.176. The average molecular weight is 455 g/mol. The fourth-order valence-corrected chi connectivity index (χ4v) is 2.72. The van der Waals surface area contributed by atoms with Crippen LogP contribution in [0.3, 0.4) is 0 Å². The van der Waals surface area contributed by atoms with Crippen LogP contribution in [0.1, 0.15) is 18.4 Å². The van der Waals surface area contributed by atoms with Crippen LogP contribution in [0, 0.1) is 0 Å². The highest BCUT2D eigenvalue weighted by Crippen LogP contribution is 2.05. The summed E-state index contributed by atoms with van der Waals surface area (Å²) in [7, 11) is 0. The van der Waals surface area contributed by atoms with Gasteiger partial charge in [-0.2, -0.15) is 12.6 Å². The van der Waals surface area contributed by atoms with Gasteiger partial charge in [-0.1, -0.05) is 30.3 Å². The summed E-state index contributed by atoms with van der Waals surface area (Å²) >= 11 is 3.83. The number of nitrogens with one attached hydrogen (secondary N) is 3. The number of carboxylic acid groups (broad SMARTS) is 2. The molecular formula is C19H26N4O7S. The fraction of sp³-hybridized carbons (Fsp3) is 0.421. The summed E-state index contributed by atoms with van der Waals surface area (Å²) in [4.78, 5) is 58.4. The molecule has 7 N–H and O–H groups in total. The minimum absolute atomic E-state index is 0.0973. The van der Waals surface area contributed by atoms with E-state index in [1.54, 1.807) is 30.3 Å². The van der Waals surface area contributed by atoms with Crippen LogP contribution < -0.4 is 21.7 Å². The van der Waals surface area contributed by atoms with Crippen molar-refractivity contribution in [1.29, 1.82) is 0 Å². The highest BCUT2D eigenvalue weighted by Gasteiger charge is 2.25. The smallest absolute Gasteiger partial charge is 0.327 e. The molecule has 0 aromatic heterocycles. The maximum Gasteiger partial charge on any atom is 0.327 e. The molecule has 0 aliphatic heterocycles. The highest BCUT2D eigenvalue weighted by atomic mass is 32.1. The Bertz CT molecular complexity index is 791. The van der Waals surface area contributed by atoms with Gasteiger partial charge in [0.05, 0.1) is 12.6 Å². The third-order valence-corrected chi connectivity index (χ3v) is 4.53. The number of carbonyl (C=O) groups is 5. The molecule has 0 radical (unpaired) electrons. The van der Waals surface area contributed by atoms with Gasteiger partial charge < -0.3 is 31.9 Å². The lowest BCUT2D eigenvalue weighted by Crippen LogP contribution is -2.54. The van der Waals surface area contributed by atoms with Gasteiger partial charge in [-0.3, -0.25) is 19.2 Å². The van der Waals surface area contributed by atoms with Crippen molar-refractivity contribution >= 4 is 42.3 Å². The van der Waals surface area contributed by atoms with Crippen LogP contribution in [0.25, 0.3) is 0 Å². The first-order valence-corrected chi connectivity index (χ1v) is 9.99. The van der Waals surface area contributed by atoms with E-state index in [1.807, 2.05) is 0 Å². The molecule has 0 aliphatic rings. The summed E-state index contributed by atoms with van der Waals surface area (Å²) in [6, 6.07) is 5.35. The van der Waals surface area contributed by atoms with E-state index in [2.05, 4.69) is 28.6 Å². The number of carbonyl (C=O) groups excluding carboxylic acids is 3. The van der Waals surface area contributed by atoms with Crippen molar-refractivity contribution in [2.24, 2.45) is 5.73 Å². The van der Waals surface area contributed by atoms with Crippen LogP contribution in [0.15, 0.2) is 30.3 Å². The van der Waals surface area contributed by atoms with Gasteiger partial charge in [0.1, 0.15) is 12.1 Å². The van der Waals surface area contributed by atoms with Gasteiger partial charge in [-0.05, 0) is 12.0 Å². The molecule has 1 aromatic rings. The molecule has 12 heteroatoms. The van der Waals surface area contributed by atoms with Crippen molar-refractivity contribution in [2.75, 3.05) is 12.3 Å². The highest BCUT2D eigenvalue weighted by molar-refractivity contribution is 7.80. The van der Waals surface area contributed by atoms with Gasteiger partial charge in [0.15, 0.2) is 0 Å². The fourth-order valence-electron chi connectivity index (χ4n) is 2.47. The van der Waals surface area contributed by atoms with E-state index in [0.29, 0.717) is 0 Å². The number of thiol groups is 1. The number of hydrogen-bond acceptors (Lipinski definition) is 7. The first-order chi connectivity index (χ1) is 14.6. The summed E-state index contributed by atoms with van der Waals surface area (Å²) in [5.74, 6) is -4.63. The third kappa shape index (κ3) is 9.96. The van der Waals surface area contributed by atoms with Crippen molar-refractivity contribution in [1.82, 2.24) is 16.0 Å². The number of carboxylic acids is 2. The Morgan fingerprint density at radius 2 is 1.61 bits per heavy atom. The Hall–Kier alpha value is -3.12. The molecule has 3 amide bonds. The molecule has 0 spiro atoms. The summed E-state index contributed by atoms with van der Waals surface area (Å²) in [5, 5.41) is 24.7. The van der Waals surface area contributed by atoms with Gasteiger partial charge in [-0.25, -0.2) is 4.79 Å². The summed E-state index contributed by atoms with van der Waals surface area (Å²) < 4.78 is 0. The van der Waals surface area contributed by atoms with Crippen LogP contribution >= 0.6 is 12.6 Å². The van der Waals surface area contributed by atoms with Crippen molar-refractivity contribution in [3.63, 3.8) is 0 Å². The van der Waals surface area contributed by atoms with Gasteiger partial charge >= 0.3 is 11.9 Å². The van der Waals surface area contributed by atoms with Gasteiger partial charge in [-0.15, -0.1) is 0 Å². The maximum absolute atomic E-state index is 12.6. The topological polar surface area (TPSA) is 188 Å². The van der Waals surface area contributed by atoms with E-state index < -0.39 is 54.3 Å². The Kier molecular flexibility index (Phi) is 11.1. The summed E-state index contributed by atoms with van der Waals surface area (Å²) in [5.41, 5.74) is 6.42. The van der Waals surface area contributed by atoms with Crippen molar-refractivity contribution in [3.05, 3.63) is 35.9 Å². The standard InChI is InChI=1S/C19H26N4O7S/c20-12(6-7-16(25)26)17(27)23-13(8-11-4-2-1-3-5-11)18(28)21-9-15(24)22-14(10-31)19(29)30/h1-5,12-14,31H,6-10,20H2,(H,21,28)(H,22,24)(H,23,27)(H,25,26)(H,29,30). The molecule has 0 heterocycles. The molecule has 1 rings (SSSR count). The maximum atomic E-state index is 12.6.